The quantitative estimate of drug-likeness (QED) is 0.850. The lowest BCUT2D eigenvalue weighted by Gasteiger charge is -2.18. The third-order valence-corrected chi connectivity index (χ3v) is 3.38. The Morgan fingerprint density at radius 3 is 2.67 bits per heavy atom. The molecule has 0 unspecified atom stereocenters. The van der Waals surface area contributed by atoms with Gasteiger partial charge in [0.15, 0.2) is 0 Å². The van der Waals surface area contributed by atoms with E-state index in [0.29, 0.717) is 17.9 Å². The molecule has 0 aliphatic rings. The lowest BCUT2D eigenvalue weighted by molar-refractivity contribution is 0.0697. The first-order valence-electron chi connectivity index (χ1n) is 6.73. The molecule has 0 saturated carbocycles. The summed E-state index contributed by atoms with van der Waals surface area (Å²) in [5.74, 6) is -0.377. The smallest absolute Gasteiger partial charge is 0.338 e. The molecule has 2 aromatic rings. The van der Waals surface area contributed by atoms with Gasteiger partial charge in [-0.05, 0) is 30.0 Å². The molecule has 0 aliphatic heterocycles. The van der Waals surface area contributed by atoms with Crippen molar-refractivity contribution in [2.45, 2.75) is 27.2 Å². The maximum Gasteiger partial charge on any atom is 0.338 e. The summed E-state index contributed by atoms with van der Waals surface area (Å²) in [6.45, 7) is 7.10. The van der Waals surface area contributed by atoms with Crippen LogP contribution in [0.25, 0.3) is 10.9 Å². The number of carboxylic acid groups (broad SMARTS) is 1. The summed E-state index contributed by atoms with van der Waals surface area (Å²) in [5, 5.41) is 9.73. The van der Waals surface area contributed by atoms with Gasteiger partial charge >= 0.3 is 5.97 Å². The maximum absolute atomic E-state index is 11.0. The molecular formula is C16H18ClNO3. The van der Waals surface area contributed by atoms with E-state index in [9.17, 15) is 4.79 Å². The second kappa shape index (κ2) is 5.90. The zero-order valence-electron chi connectivity index (χ0n) is 12.3. The number of rotatable bonds is 4. The van der Waals surface area contributed by atoms with E-state index in [-0.39, 0.29) is 16.1 Å². The fraction of sp³-hybridized carbons (Fsp3) is 0.375. The number of hydrogen-bond acceptors (Lipinski definition) is 3. The predicted molar refractivity (Wildman–Crippen MR) is 83.3 cm³/mol. The maximum atomic E-state index is 11.0. The molecule has 21 heavy (non-hydrogen) atoms. The van der Waals surface area contributed by atoms with Crippen LogP contribution in [0.5, 0.6) is 5.75 Å². The zero-order chi connectivity index (χ0) is 15.6. The molecule has 0 spiro atoms. The van der Waals surface area contributed by atoms with Gasteiger partial charge in [0.2, 0.25) is 0 Å². The van der Waals surface area contributed by atoms with Gasteiger partial charge < -0.3 is 9.84 Å². The summed E-state index contributed by atoms with van der Waals surface area (Å²) in [4.78, 5) is 15.1. The highest BCUT2D eigenvalue weighted by Gasteiger charge is 2.13. The van der Waals surface area contributed by atoms with Crippen LogP contribution in [0, 0.1) is 5.41 Å². The van der Waals surface area contributed by atoms with Crippen molar-refractivity contribution in [3.63, 3.8) is 0 Å². The molecule has 1 aromatic carbocycles. The fourth-order valence-electron chi connectivity index (χ4n) is 1.84. The number of nitrogens with zero attached hydrogens (tertiary/aromatic N) is 1. The first kappa shape index (κ1) is 15.6. The normalized spacial score (nSPS) is 11.6. The second-order valence-corrected chi connectivity index (χ2v) is 6.50. The van der Waals surface area contributed by atoms with Gasteiger partial charge in [0.1, 0.15) is 10.9 Å². The van der Waals surface area contributed by atoms with Crippen LogP contribution in [0.3, 0.4) is 0 Å². The van der Waals surface area contributed by atoms with Crippen LogP contribution in [0.1, 0.15) is 37.6 Å². The Bertz CT molecular complexity index is 677. The number of benzene rings is 1. The number of ether oxygens (including phenoxy) is 1. The average molecular weight is 308 g/mol. The Hall–Kier alpha value is -1.81. The van der Waals surface area contributed by atoms with Crippen molar-refractivity contribution < 1.29 is 14.6 Å². The third kappa shape index (κ3) is 4.08. The Labute approximate surface area is 128 Å². The van der Waals surface area contributed by atoms with E-state index in [4.69, 9.17) is 21.4 Å². The molecule has 1 aromatic heterocycles. The number of carboxylic acids is 1. The Morgan fingerprint density at radius 2 is 2.05 bits per heavy atom. The van der Waals surface area contributed by atoms with Crippen LogP contribution in [-0.2, 0) is 0 Å². The molecule has 4 nitrogen and oxygen atoms in total. The number of aromatic carboxylic acids is 1. The molecule has 5 heteroatoms. The van der Waals surface area contributed by atoms with Gasteiger partial charge in [-0.25, -0.2) is 9.78 Å². The summed E-state index contributed by atoms with van der Waals surface area (Å²) < 4.78 is 5.71. The molecule has 0 fully saturated rings. The van der Waals surface area contributed by atoms with Crippen molar-refractivity contribution in [2.24, 2.45) is 5.41 Å². The largest absolute Gasteiger partial charge is 0.493 e. The van der Waals surface area contributed by atoms with Crippen molar-refractivity contribution in [3.05, 3.63) is 35.0 Å². The minimum Gasteiger partial charge on any atom is -0.493 e. The highest BCUT2D eigenvalue weighted by atomic mass is 35.5. The minimum absolute atomic E-state index is 0.00516. The first-order valence-corrected chi connectivity index (χ1v) is 7.10. The van der Waals surface area contributed by atoms with E-state index >= 15 is 0 Å². The van der Waals surface area contributed by atoms with E-state index in [1.165, 1.54) is 6.07 Å². The van der Waals surface area contributed by atoms with Gasteiger partial charge in [-0.2, -0.15) is 0 Å². The van der Waals surface area contributed by atoms with Crippen LogP contribution >= 0.6 is 11.6 Å². The standard InChI is InChI=1S/C16H18ClNO3/c1-16(2,3)6-7-21-11-5-4-10-8-12(15(19)20)14(17)18-13(10)9-11/h4-5,8-9H,6-7H2,1-3H3,(H,19,20). The summed E-state index contributed by atoms with van der Waals surface area (Å²) in [6, 6.07) is 6.89. The molecule has 1 N–H and O–H groups in total. The van der Waals surface area contributed by atoms with Gasteiger partial charge in [0.25, 0.3) is 0 Å². The number of hydrogen-bond donors (Lipinski definition) is 1. The van der Waals surface area contributed by atoms with E-state index in [1.807, 2.05) is 6.07 Å². The number of fused-ring (bicyclic) bond motifs is 1. The Kier molecular flexibility index (Phi) is 4.37. The summed E-state index contributed by atoms with van der Waals surface area (Å²) >= 11 is 5.88. The van der Waals surface area contributed by atoms with Crippen molar-refractivity contribution >= 4 is 28.5 Å². The summed E-state index contributed by atoms with van der Waals surface area (Å²) in [6.07, 6.45) is 0.942. The summed E-state index contributed by atoms with van der Waals surface area (Å²) in [5.41, 5.74) is 0.846. The van der Waals surface area contributed by atoms with Crippen LogP contribution in [0.2, 0.25) is 5.15 Å². The lowest BCUT2D eigenvalue weighted by atomic mass is 9.93. The molecule has 0 bridgehead atoms. The van der Waals surface area contributed by atoms with Crippen LogP contribution in [-0.4, -0.2) is 22.7 Å². The van der Waals surface area contributed by atoms with Gasteiger partial charge in [-0.1, -0.05) is 32.4 Å². The topological polar surface area (TPSA) is 59.4 Å². The fourth-order valence-corrected chi connectivity index (χ4v) is 2.06. The van der Waals surface area contributed by atoms with Crippen LogP contribution in [0.4, 0.5) is 0 Å². The Balaban J connectivity index is 2.22. The second-order valence-electron chi connectivity index (χ2n) is 6.15. The molecule has 0 saturated heterocycles. The van der Waals surface area contributed by atoms with Crippen molar-refractivity contribution in [2.75, 3.05) is 6.61 Å². The molecule has 1 heterocycles. The minimum atomic E-state index is -1.08. The van der Waals surface area contributed by atoms with Crippen molar-refractivity contribution in [1.82, 2.24) is 4.98 Å². The number of aromatic nitrogens is 1. The van der Waals surface area contributed by atoms with E-state index in [2.05, 4.69) is 25.8 Å². The van der Waals surface area contributed by atoms with Gasteiger partial charge in [-0.15, -0.1) is 0 Å². The monoisotopic (exact) mass is 307 g/mol. The van der Waals surface area contributed by atoms with Crippen LogP contribution in [0.15, 0.2) is 24.3 Å². The number of pyridine rings is 1. The van der Waals surface area contributed by atoms with Crippen molar-refractivity contribution in [1.29, 1.82) is 0 Å². The average Bonchev–Trinajstić information content (AvgIpc) is 2.35. The molecular weight excluding hydrogens is 290 g/mol. The highest BCUT2D eigenvalue weighted by Crippen LogP contribution is 2.25. The highest BCUT2D eigenvalue weighted by molar-refractivity contribution is 6.32. The Morgan fingerprint density at radius 1 is 1.33 bits per heavy atom. The van der Waals surface area contributed by atoms with Gasteiger partial charge in [-0.3, -0.25) is 0 Å². The predicted octanol–water partition coefficient (Wildman–Crippen LogP) is 4.40. The first-order chi connectivity index (χ1) is 9.76. The molecule has 0 amide bonds. The third-order valence-electron chi connectivity index (χ3n) is 3.09. The molecule has 2 rings (SSSR count). The zero-order valence-corrected chi connectivity index (χ0v) is 13.1. The molecule has 0 aliphatic carbocycles. The number of halogens is 1. The number of carbonyl (C=O) groups is 1. The van der Waals surface area contributed by atoms with E-state index in [1.54, 1.807) is 12.1 Å². The summed E-state index contributed by atoms with van der Waals surface area (Å²) in [7, 11) is 0. The van der Waals surface area contributed by atoms with Crippen LogP contribution < -0.4 is 4.74 Å². The molecule has 112 valence electrons. The SMILES string of the molecule is CC(C)(C)CCOc1ccc2cc(C(=O)O)c(Cl)nc2c1. The van der Waals surface area contributed by atoms with Gasteiger partial charge in [0, 0.05) is 11.5 Å². The van der Waals surface area contributed by atoms with E-state index < -0.39 is 5.97 Å². The lowest BCUT2D eigenvalue weighted by Crippen LogP contribution is -2.11. The molecule has 0 radical (unpaired) electrons. The van der Waals surface area contributed by atoms with Crippen molar-refractivity contribution in [3.8, 4) is 5.75 Å². The molecule has 0 atom stereocenters. The van der Waals surface area contributed by atoms with E-state index in [0.717, 1.165) is 11.8 Å². The van der Waals surface area contributed by atoms with Gasteiger partial charge in [0.05, 0.1) is 17.7 Å².